The first-order valence-corrected chi connectivity index (χ1v) is 9.21. The van der Waals surface area contributed by atoms with Crippen LogP contribution in [0.2, 0.25) is 0 Å². The van der Waals surface area contributed by atoms with Crippen molar-refractivity contribution < 1.29 is 14.0 Å². The monoisotopic (exact) mass is 409 g/mol. The topological polar surface area (TPSA) is 101 Å². The van der Waals surface area contributed by atoms with Crippen LogP contribution in [-0.2, 0) is 11.8 Å². The Morgan fingerprint density at radius 3 is 2.86 bits per heavy atom. The number of furan rings is 1. The standard InChI is InChI=1S/C18H23N5O4.ClH/c1-11-14(15-16(27-11)20-10-21(2)17(15)25)18(26)22-6-3-4-12(9-22)23-7-5-19-8-13(23)24;/h10,12,19H,3-9H2,1-2H3;1H. The van der Waals surface area contributed by atoms with E-state index in [2.05, 4.69) is 10.3 Å². The number of carbonyl (C=O) groups is 2. The lowest BCUT2D eigenvalue weighted by Crippen LogP contribution is -2.57. The van der Waals surface area contributed by atoms with Gasteiger partial charge >= 0.3 is 0 Å². The van der Waals surface area contributed by atoms with Gasteiger partial charge in [-0.05, 0) is 19.8 Å². The van der Waals surface area contributed by atoms with E-state index in [0.717, 1.165) is 19.4 Å². The van der Waals surface area contributed by atoms with Crippen molar-refractivity contribution in [2.24, 2.45) is 7.05 Å². The quantitative estimate of drug-likeness (QED) is 0.765. The van der Waals surface area contributed by atoms with Crippen molar-refractivity contribution in [3.63, 3.8) is 0 Å². The minimum atomic E-state index is -0.300. The molecule has 0 aromatic carbocycles. The highest BCUT2D eigenvalue weighted by molar-refractivity contribution is 6.06. The zero-order chi connectivity index (χ0) is 19.1. The lowest BCUT2D eigenvalue weighted by atomic mass is 10.0. The van der Waals surface area contributed by atoms with Gasteiger partial charge in [0.15, 0.2) is 0 Å². The number of aryl methyl sites for hydroxylation is 2. The van der Waals surface area contributed by atoms with E-state index in [1.54, 1.807) is 18.9 Å². The SMILES string of the molecule is Cc1oc2ncn(C)c(=O)c2c1C(=O)N1CCCC(N2CCNCC2=O)C1.Cl. The number of likely N-dealkylation sites (tertiary alicyclic amines) is 1. The van der Waals surface area contributed by atoms with Gasteiger partial charge in [0, 0.05) is 39.3 Å². The van der Waals surface area contributed by atoms with Gasteiger partial charge < -0.3 is 24.1 Å². The first kappa shape index (κ1) is 20.3. The van der Waals surface area contributed by atoms with Crippen LogP contribution < -0.4 is 10.9 Å². The number of carbonyl (C=O) groups excluding carboxylic acids is 2. The highest BCUT2D eigenvalue weighted by Gasteiger charge is 2.34. The zero-order valence-corrected chi connectivity index (χ0v) is 16.8. The van der Waals surface area contributed by atoms with Crippen LogP contribution in [0.1, 0.15) is 29.0 Å². The van der Waals surface area contributed by atoms with Gasteiger partial charge in [0.05, 0.1) is 12.1 Å². The molecule has 4 heterocycles. The van der Waals surface area contributed by atoms with Crippen LogP contribution in [-0.4, -0.2) is 69.9 Å². The number of hydrogen-bond donors (Lipinski definition) is 1. The average molecular weight is 410 g/mol. The number of rotatable bonds is 2. The minimum Gasteiger partial charge on any atom is -0.442 e. The summed E-state index contributed by atoms with van der Waals surface area (Å²) in [5.41, 5.74) is 0.168. The number of halogens is 1. The summed E-state index contributed by atoms with van der Waals surface area (Å²) in [4.78, 5) is 45.7. The maximum Gasteiger partial charge on any atom is 0.265 e. The molecule has 2 aromatic heterocycles. The van der Waals surface area contributed by atoms with Crippen molar-refractivity contribution >= 4 is 35.3 Å². The fourth-order valence-electron chi connectivity index (χ4n) is 4.00. The number of piperazine rings is 1. The molecule has 28 heavy (non-hydrogen) atoms. The molecule has 4 rings (SSSR count). The van der Waals surface area contributed by atoms with Crippen LogP contribution in [0.25, 0.3) is 11.1 Å². The van der Waals surface area contributed by atoms with E-state index in [1.807, 2.05) is 4.90 Å². The van der Waals surface area contributed by atoms with Crippen molar-refractivity contribution in [3.8, 4) is 0 Å². The van der Waals surface area contributed by atoms with E-state index < -0.39 is 0 Å². The summed E-state index contributed by atoms with van der Waals surface area (Å²) in [6.45, 7) is 4.51. The number of nitrogens with zero attached hydrogens (tertiary/aromatic N) is 4. The van der Waals surface area contributed by atoms with Crippen molar-refractivity contribution in [3.05, 3.63) is 28.0 Å². The second-order valence-corrected chi connectivity index (χ2v) is 7.19. The fraction of sp³-hybridized carbons (Fsp3) is 0.556. The summed E-state index contributed by atoms with van der Waals surface area (Å²) in [5, 5.41) is 3.30. The van der Waals surface area contributed by atoms with Crippen molar-refractivity contribution in [2.75, 3.05) is 32.7 Å². The van der Waals surface area contributed by atoms with Gasteiger partial charge in [0.1, 0.15) is 17.5 Å². The van der Waals surface area contributed by atoms with Gasteiger partial charge in [-0.1, -0.05) is 0 Å². The second-order valence-electron chi connectivity index (χ2n) is 7.19. The lowest BCUT2D eigenvalue weighted by Gasteiger charge is -2.41. The first-order valence-electron chi connectivity index (χ1n) is 9.21. The number of aromatic nitrogens is 2. The van der Waals surface area contributed by atoms with E-state index in [-0.39, 0.29) is 52.5 Å². The summed E-state index contributed by atoms with van der Waals surface area (Å²) >= 11 is 0. The molecule has 0 radical (unpaired) electrons. The Morgan fingerprint density at radius 2 is 2.11 bits per heavy atom. The van der Waals surface area contributed by atoms with Gasteiger partial charge in [-0.3, -0.25) is 14.4 Å². The van der Waals surface area contributed by atoms with E-state index in [4.69, 9.17) is 4.42 Å². The molecule has 2 fully saturated rings. The predicted octanol–water partition coefficient (Wildman–Crippen LogP) is 0.293. The number of nitrogens with one attached hydrogen (secondary N) is 1. The zero-order valence-electron chi connectivity index (χ0n) is 15.9. The predicted molar refractivity (Wildman–Crippen MR) is 105 cm³/mol. The van der Waals surface area contributed by atoms with E-state index in [9.17, 15) is 14.4 Å². The van der Waals surface area contributed by atoms with Crippen LogP contribution in [0.3, 0.4) is 0 Å². The molecular weight excluding hydrogens is 386 g/mol. The Bertz CT molecular complexity index is 969. The molecule has 0 aliphatic carbocycles. The van der Waals surface area contributed by atoms with Crippen molar-refractivity contribution in [2.45, 2.75) is 25.8 Å². The molecule has 0 saturated carbocycles. The normalized spacial score (nSPS) is 20.4. The molecular formula is C18H24ClN5O4. The molecule has 1 N–H and O–H groups in total. The summed E-state index contributed by atoms with van der Waals surface area (Å²) in [5.74, 6) is 0.235. The largest absolute Gasteiger partial charge is 0.442 e. The maximum atomic E-state index is 13.2. The second kappa shape index (κ2) is 7.92. The molecule has 2 aromatic rings. The molecule has 10 heteroatoms. The van der Waals surface area contributed by atoms with Crippen LogP contribution in [0, 0.1) is 6.92 Å². The Hall–Kier alpha value is -2.39. The third-order valence-electron chi connectivity index (χ3n) is 5.41. The highest BCUT2D eigenvalue weighted by Crippen LogP contribution is 2.25. The Morgan fingerprint density at radius 1 is 1.32 bits per heavy atom. The van der Waals surface area contributed by atoms with Crippen LogP contribution in [0.4, 0.5) is 0 Å². The molecule has 2 saturated heterocycles. The van der Waals surface area contributed by atoms with Gasteiger partial charge in [-0.15, -0.1) is 12.4 Å². The minimum absolute atomic E-state index is 0. The summed E-state index contributed by atoms with van der Waals surface area (Å²) in [6, 6.07) is 0.0109. The highest BCUT2D eigenvalue weighted by atomic mass is 35.5. The third-order valence-corrected chi connectivity index (χ3v) is 5.41. The van der Waals surface area contributed by atoms with Crippen molar-refractivity contribution in [1.82, 2.24) is 24.7 Å². The smallest absolute Gasteiger partial charge is 0.265 e. The van der Waals surface area contributed by atoms with E-state index in [0.29, 0.717) is 31.9 Å². The molecule has 9 nitrogen and oxygen atoms in total. The molecule has 1 unspecified atom stereocenters. The molecule has 2 amide bonds. The van der Waals surface area contributed by atoms with Gasteiger partial charge in [0.25, 0.3) is 11.5 Å². The van der Waals surface area contributed by atoms with E-state index >= 15 is 0 Å². The third kappa shape index (κ3) is 3.40. The molecule has 0 spiro atoms. The summed E-state index contributed by atoms with van der Waals surface area (Å²) in [7, 11) is 1.60. The first-order chi connectivity index (χ1) is 13.0. The number of hydrogen-bond acceptors (Lipinski definition) is 6. The van der Waals surface area contributed by atoms with Gasteiger partial charge in [0.2, 0.25) is 11.6 Å². The van der Waals surface area contributed by atoms with Crippen LogP contribution >= 0.6 is 12.4 Å². The number of fused-ring (bicyclic) bond motifs is 1. The Kier molecular flexibility index (Phi) is 5.76. The summed E-state index contributed by atoms with van der Waals surface area (Å²) < 4.78 is 6.90. The summed E-state index contributed by atoms with van der Waals surface area (Å²) in [6.07, 6.45) is 3.08. The molecule has 2 aliphatic rings. The number of piperidine rings is 1. The maximum absolute atomic E-state index is 13.2. The lowest BCUT2D eigenvalue weighted by molar-refractivity contribution is -0.135. The van der Waals surface area contributed by atoms with Crippen LogP contribution in [0.15, 0.2) is 15.5 Å². The van der Waals surface area contributed by atoms with Gasteiger partial charge in [-0.25, -0.2) is 4.98 Å². The Labute approximate surface area is 168 Å². The molecule has 152 valence electrons. The Balaban J connectivity index is 0.00000225. The van der Waals surface area contributed by atoms with E-state index in [1.165, 1.54) is 10.9 Å². The van der Waals surface area contributed by atoms with Crippen LogP contribution in [0.5, 0.6) is 0 Å². The van der Waals surface area contributed by atoms with Crippen molar-refractivity contribution in [1.29, 1.82) is 0 Å². The molecule has 1 atom stereocenters. The molecule has 0 bridgehead atoms. The van der Waals surface area contributed by atoms with Gasteiger partial charge in [-0.2, -0.15) is 0 Å². The molecule has 2 aliphatic heterocycles. The average Bonchev–Trinajstić information content (AvgIpc) is 3.01. The number of amides is 2. The fourth-order valence-corrected chi connectivity index (χ4v) is 4.00.